The Morgan fingerprint density at radius 1 is 1.07 bits per heavy atom. The third-order valence-corrected chi connectivity index (χ3v) is 5.97. The molecular formula is C20H15FN4O4S. The first kappa shape index (κ1) is 19.6. The molecule has 1 N–H and O–H groups in total. The van der Waals surface area contributed by atoms with E-state index in [0.29, 0.717) is 0 Å². The molecule has 152 valence electrons. The highest BCUT2D eigenvalue weighted by molar-refractivity contribution is 7.92. The second-order valence-corrected chi connectivity index (χ2v) is 8.33. The molecule has 3 heterocycles. The topological polar surface area (TPSA) is 109 Å². The lowest BCUT2D eigenvalue weighted by molar-refractivity contribution is 0.0639. The number of carbonyl (C=O) groups excluding carboxylic acids is 2. The van der Waals surface area contributed by atoms with Crippen molar-refractivity contribution in [1.29, 1.82) is 0 Å². The van der Waals surface area contributed by atoms with Gasteiger partial charge in [-0.05, 0) is 48.4 Å². The van der Waals surface area contributed by atoms with Crippen molar-refractivity contribution >= 4 is 27.7 Å². The standard InChI is InChI=1S/C20H15FN4O4S/c1-12-4-7-17(23-10-12)24-30(28,29)16-9-14(21)6-5-13(16)11-25-19(26)15-3-2-8-22-18(15)20(25)27/h2-10H,11H2,1H3,(H,23,24). The Labute approximate surface area is 171 Å². The summed E-state index contributed by atoms with van der Waals surface area (Å²) in [6.07, 6.45) is 2.87. The van der Waals surface area contributed by atoms with Gasteiger partial charge in [-0.1, -0.05) is 12.1 Å². The molecule has 0 radical (unpaired) electrons. The second-order valence-electron chi connectivity index (χ2n) is 6.67. The van der Waals surface area contributed by atoms with E-state index in [4.69, 9.17) is 0 Å². The first-order valence-electron chi connectivity index (χ1n) is 8.81. The van der Waals surface area contributed by atoms with Crippen molar-refractivity contribution in [2.24, 2.45) is 0 Å². The van der Waals surface area contributed by atoms with Crippen LogP contribution in [0.5, 0.6) is 0 Å². The number of sulfonamides is 1. The summed E-state index contributed by atoms with van der Waals surface area (Å²) in [6.45, 7) is 1.44. The normalized spacial score (nSPS) is 13.5. The van der Waals surface area contributed by atoms with Gasteiger partial charge < -0.3 is 0 Å². The Hall–Kier alpha value is -3.66. The predicted octanol–water partition coefficient (Wildman–Crippen LogP) is 2.52. The number of carbonyl (C=O) groups is 2. The largest absolute Gasteiger partial charge is 0.280 e. The van der Waals surface area contributed by atoms with E-state index < -0.39 is 32.6 Å². The lowest BCUT2D eigenvalue weighted by Crippen LogP contribution is -2.30. The predicted molar refractivity (Wildman–Crippen MR) is 105 cm³/mol. The highest BCUT2D eigenvalue weighted by atomic mass is 32.2. The van der Waals surface area contributed by atoms with Crippen LogP contribution in [0.4, 0.5) is 10.2 Å². The average Bonchev–Trinajstić information content (AvgIpc) is 2.96. The number of amides is 2. The molecule has 8 nitrogen and oxygen atoms in total. The molecule has 1 aliphatic rings. The number of hydrogen-bond acceptors (Lipinski definition) is 6. The van der Waals surface area contributed by atoms with E-state index in [9.17, 15) is 22.4 Å². The Bertz CT molecular complexity index is 1240. The Kier molecular flexibility index (Phi) is 4.78. The SMILES string of the molecule is Cc1ccc(NS(=O)(=O)c2cc(F)ccc2CN2C(=O)c3cccnc3C2=O)nc1. The molecule has 0 atom stereocenters. The van der Waals surface area contributed by atoms with Crippen LogP contribution in [-0.2, 0) is 16.6 Å². The molecule has 1 aliphatic heterocycles. The van der Waals surface area contributed by atoms with Gasteiger partial charge in [0.1, 0.15) is 17.3 Å². The first-order chi connectivity index (χ1) is 14.3. The molecule has 0 spiro atoms. The molecule has 4 rings (SSSR count). The molecule has 0 unspecified atom stereocenters. The number of nitrogens with one attached hydrogen (secondary N) is 1. The van der Waals surface area contributed by atoms with Gasteiger partial charge in [0, 0.05) is 12.4 Å². The zero-order valence-corrected chi connectivity index (χ0v) is 16.5. The summed E-state index contributed by atoms with van der Waals surface area (Å²) >= 11 is 0. The lowest BCUT2D eigenvalue weighted by Gasteiger charge is -2.17. The van der Waals surface area contributed by atoms with Crippen molar-refractivity contribution in [3.63, 3.8) is 0 Å². The molecule has 0 saturated carbocycles. The molecule has 2 amide bonds. The molecule has 0 saturated heterocycles. The lowest BCUT2D eigenvalue weighted by atomic mass is 10.2. The monoisotopic (exact) mass is 426 g/mol. The highest BCUT2D eigenvalue weighted by Crippen LogP contribution is 2.26. The Morgan fingerprint density at radius 2 is 1.87 bits per heavy atom. The maximum atomic E-state index is 13.9. The molecule has 0 bridgehead atoms. The quantitative estimate of drug-likeness (QED) is 0.628. The number of pyridine rings is 2. The van der Waals surface area contributed by atoms with Crippen LogP contribution in [0.1, 0.15) is 32.0 Å². The minimum atomic E-state index is -4.24. The molecule has 0 fully saturated rings. The van der Waals surface area contributed by atoms with Gasteiger partial charge >= 0.3 is 0 Å². The number of imide groups is 1. The van der Waals surface area contributed by atoms with Crippen molar-refractivity contribution in [1.82, 2.24) is 14.9 Å². The number of nitrogens with zero attached hydrogens (tertiary/aromatic N) is 3. The van der Waals surface area contributed by atoms with Gasteiger partial charge in [-0.15, -0.1) is 0 Å². The number of halogens is 1. The van der Waals surface area contributed by atoms with Crippen LogP contribution in [0, 0.1) is 12.7 Å². The van der Waals surface area contributed by atoms with Crippen LogP contribution in [0.25, 0.3) is 0 Å². The Morgan fingerprint density at radius 3 is 2.57 bits per heavy atom. The van der Waals surface area contributed by atoms with E-state index in [2.05, 4.69) is 14.7 Å². The number of anilines is 1. The fraction of sp³-hybridized carbons (Fsp3) is 0.100. The molecule has 30 heavy (non-hydrogen) atoms. The number of aromatic nitrogens is 2. The molecule has 3 aromatic rings. The number of benzene rings is 1. The van der Waals surface area contributed by atoms with Crippen LogP contribution in [0.3, 0.4) is 0 Å². The van der Waals surface area contributed by atoms with Gasteiger partial charge in [-0.25, -0.2) is 17.8 Å². The maximum Gasteiger partial charge on any atom is 0.280 e. The van der Waals surface area contributed by atoms with Gasteiger partial charge in [-0.3, -0.25) is 24.2 Å². The van der Waals surface area contributed by atoms with Crippen LogP contribution in [0.15, 0.2) is 59.8 Å². The zero-order valence-electron chi connectivity index (χ0n) is 15.7. The highest BCUT2D eigenvalue weighted by Gasteiger charge is 2.37. The van der Waals surface area contributed by atoms with Gasteiger partial charge in [0.2, 0.25) is 0 Å². The average molecular weight is 426 g/mol. The molecule has 2 aromatic heterocycles. The van der Waals surface area contributed by atoms with Crippen LogP contribution in [0.2, 0.25) is 0 Å². The Balaban J connectivity index is 1.68. The summed E-state index contributed by atoms with van der Waals surface area (Å²) in [5, 5.41) is 0. The van der Waals surface area contributed by atoms with E-state index in [0.717, 1.165) is 22.6 Å². The fourth-order valence-corrected chi connectivity index (χ4v) is 4.31. The number of fused-ring (bicyclic) bond motifs is 1. The first-order valence-corrected chi connectivity index (χ1v) is 10.3. The van der Waals surface area contributed by atoms with Crippen molar-refractivity contribution in [2.75, 3.05) is 4.72 Å². The van der Waals surface area contributed by atoms with Gasteiger partial charge in [-0.2, -0.15) is 0 Å². The third-order valence-electron chi connectivity index (χ3n) is 4.53. The minimum absolute atomic E-state index is 0.00370. The van der Waals surface area contributed by atoms with Crippen LogP contribution < -0.4 is 4.72 Å². The number of hydrogen-bond donors (Lipinski definition) is 1. The van der Waals surface area contributed by atoms with Crippen molar-refractivity contribution < 1.29 is 22.4 Å². The second kappa shape index (κ2) is 7.30. The molecule has 10 heteroatoms. The minimum Gasteiger partial charge on any atom is -0.268 e. The van der Waals surface area contributed by atoms with E-state index in [1.807, 2.05) is 0 Å². The van der Waals surface area contributed by atoms with Gasteiger partial charge in [0.15, 0.2) is 0 Å². The molecular weight excluding hydrogens is 411 g/mol. The van der Waals surface area contributed by atoms with E-state index in [-0.39, 0.29) is 29.2 Å². The number of aryl methyl sites for hydroxylation is 1. The van der Waals surface area contributed by atoms with E-state index in [1.165, 1.54) is 36.7 Å². The summed E-state index contributed by atoms with van der Waals surface area (Å²) in [5.74, 6) is -1.96. The van der Waals surface area contributed by atoms with Crippen molar-refractivity contribution in [3.05, 3.63) is 83.1 Å². The van der Waals surface area contributed by atoms with Gasteiger partial charge in [0.05, 0.1) is 17.0 Å². The summed E-state index contributed by atoms with van der Waals surface area (Å²) in [6, 6.07) is 9.26. The van der Waals surface area contributed by atoms with E-state index in [1.54, 1.807) is 13.0 Å². The van der Waals surface area contributed by atoms with Crippen molar-refractivity contribution in [3.8, 4) is 0 Å². The maximum absolute atomic E-state index is 13.9. The van der Waals surface area contributed by atoms with Crippen LogP contribution >= 0.6 is 0 Å². The fourth-order valence-electron chi connectivity index (χ4n) is 3.06. The molecule has 0 aliphatic carbocycles. The summed E-state index contributed by atoms with van der Waals surface area (Å²) < 4.78 is 42.0. The number of rotatable bonds is 5. The van der Waals surface area contributed by atoms with Crippen molar-refractivity contribution in [2.45, 2.75) is 18.4 Å². The third kappa shape index (κ3) is 3.52. The van der Waals surface area contributed by atoms with E-state index >= 15 is 0 Å². The summed E-state index contributed by atoms with van der Waals surface area (Å²) in [5.41, 5.74) is 1.04. The van der Waals surface area contributed by atoms with Crippen LogP contribution in [-0.4, -0.2) is 35.1 Å². The molecule has 1 aromatic carbocycles. The zero-order chi connectivity index (χ0) is 21.5. The smallest absolute Gasteiger partial charge is 0.268 e. The van der Waals surface area contributed by atoms with Gasteiger partial charge in [0.25, 0.3) is 21.8 Å². The summed E-state index contributed by atoms with van der Waals surface area (Å²) in [7, 11) is -4.24. The summed E-state index contributed by atoms with van der Waals surface area (Å²) in [4.78, 5) is 33.5.